The molecule has 5 heteroatoms. The molecule has 5 nitrogen and oxygen atoms in total. The van der Waals surface area contributed by atoms with Crippen molar-refractivity contribution in [2.75, 3.05) is 12.4 Å². The minimum Gasteiger partial charge on any atom is -0.467 e. The van der Waals surface area contributed by atoms with Crippen LogP contribution in [0.3, 0.4) is 0 Å². The monoisotopic (exact) mass is 195 g/mol. The molecule has 1 heterocycles. The van der Waals surface area contributed by atoms with Crippen LogP contribution in [0.1, 0.15) is 13.3 Å². The van der Waals surface area contributed by atoms with Crippen molar-refractivity contribution in [3.05, 3.63) is 18.7 Å². The topological polar surface area (TPSA) is 64.1 Å². The molecule has 0 spiro atoms. The lowest BCUT2D eigenvalue weighted by molar-refractivity contribution is -0.141. The van der Waals surface area contributed by atoms with E-state index in [4.69, 9.17) is 0 Å². The predicted molar refractivity (Wildman–Crippen MR) is 51.7 cm³/mol. The van der Waals surface area contributed by atoms with Gasteiger partial charge in [-0.15, -0.1) is 0 Å². The second-order valence-corrected chi connectivity index (χ2v) is 2.76. The number of nitrogens with one attached hydrogen (secondary N) is 1. The number of methoxy groups -OCH3 is 1. The molecule has 1 rings (SSSR count). The van der Waals surface area contributed by atoms with Crippen molar-refractivity contribution in [3.63, 3.8) is 0 Å². The largest absolute Gasteiger partial charge is 0.467 e. The minimum atomic E-state index is -0.342. The highest BCUT2D eigenvalue weighted by atomic mass is 16.5. The Morgan fingerprint density at radius 3 is 2.71 bits per heavy atom. The number of nitrogens with zero attached hydrogens (tertiary/aromatic N) is 2. The summed E-state index contributed by atoms with van der Waals surface area (Å²) in [7, 11) is 1.37. The summed E-state index contributed by atoms with van der Waals surface area (Å²) in [5.41, 5.74) is 0.713. The van der Waals surface area contributed by atoms with Crippen LogP contribution in [0.25, 0.3) is 0 Å². The van der Waals surface area contributed by atoms with E-state index in [-0.39, 0.29) is 12.0 Å². The molecule has 0 amide bonds. The maximum Gasteiger partial charge on any atom is 0.328 e. The average Bonchev–Trinajstić information content (AvgIpc) is 2.26. The van der Waals surface area contributed by atoms with Gasteiger partial charge in [0.1, 0.15) is 12.4 Å². The van der Waals surface area contributed by atoms with Crippen LogP contribution in [-0.4, -0.2) is 29.1 Å². The van der Waals surface area contributed by atoms with Gasteiger partial charge in [-0.1, -0.05) is 6.92 Å². The number of esters is 1. The number of hydrogen-bond acceptors (Lipinski definition) is 5. The van der Waals surface area contributed by atoms with Crippen molar-refractivity contribution >= 4 is 11.7 Å². The Balaban J connectivity index is 2.62. The Kier molecular flexibility index (Phi) is 3.84. The van der Waals surface area contributed by atoms with Crippen LogP contribution < -0.4 is 5.32 Å². The van der Waals surface area contributed by atoms with Crippen LogP contribution in [0, 0.1) is 0 Å². The highest BCUT2D eigenvalue weighted by Gasteiger charge is 2.16. The normalized spacial score (nSPS) is 11.9. The quantitative estimate of drug-likeness (QED) is 0.721. The number of carbonyl (C=O) groups excluding carboxylic acids is 1. The first-order valence-corrected chi connectivity index (χ1v) is 4.37. The SMILES string of the molecule is CCC(Nc1cncnc1)C(=O)OC. The van der Waals surface area contributed by atoms with Gasteiger partial charge in [0.2, 0.25) is 0 Å². The summed E-state index contributed by atoms with van der Waals surface area (Å²) >= 11 is 0. The van der Waals surface area contributed by atoms with Crippen LogP contribution in [0.2, 0.25) is 0 Å². The molecule has 0 radical (unpaired) electrons. The second-order valence-electron chi connectivity index (χ2n) is 2.76. The fourth-order valence-electron chi connectivity index (χ4n) is 1.04. The Bertz CT molecular complexity index is 289. The zero-order chi connectivity index (χ0) is 10.4. The maximum absolute atomic E-state index is 11.2. The Hall–Kier alpha value is -1.65. The lowest BCUT2D eigenvalue weighted by atomic mass is 10.2. The fourth-order valence-corrected chi connectivity index (χ4v) is 1.04. The lowest BCUT2D eigenvalue weighted by Gasteiger charge is -2.14. The molecule has 76 valence electrons. The van der Waals surface area contributed by atoms with Crippen LogP contribution >= 0.6 is 0 Å². The number of anilines is 1. The van der Waals surface area contributed by atoms with Crippen LogP contribution in [0.15, 0.2) is 18.7 Å². The summed E-state index contributed by atoms with van der Waals surface area (Å²) in [6.45, 7) is 1.90. The van der Waals surface area contributed by atoms with Gasteiger partial charge in [0.05, 0.1) is 25.2 Å². The molecule has 1 aromatic heterocycles. The first kappa shape index (κ1) is 10.4. The number of ether oxygens (including phenoxy) is 1. The van der Waals surface area contributed by atoms with E-state index >= 15 is 0 Å². The van der Waals surface area contributed by atoms with Gasteiger partial charge < -0.3 is 10.1 Å². The fraction of sp³-hybridized carbons (Fsp3) is 0.444. The standard InChI is InChI=1S/C9H13N3O2/c1-3-8(9(13)14-2)12-7-4-10-6-11-5-7/h4-6,8,12H,3H2,1-2H3. The molecule has 0 aliphatic heterocycles. The Morgan fingerprint density at radius 1 is 1.57 bits per heavy atom. The van der Waals surface area contributed by atoms with E-state index in [2.05, 4.69) is 20.0 Å². The molecule has 1 N–H and O–H groups in total. The molecule has 0 fully saturated rings. The number of rotatable bonds is 4. The number of carbonyl (C=O) groups is 1. The molecular weight excluding hydrogens is 182 g/mol. The first-order chi connectivity index (χ1) is 6.77. The van der Waals surface area contributed by atoms with Gasteiger partial charge in [-0.3, -0.25) is 0 Å². The Labute approximate surface area is 82.5 Å². The van der Waals surface area contributed by atoms with Gasteiger partial charge in [0.25, 0.3) is 0 Å². The van der Waals surface area contributed by atoms with Gasteiger partial charge in [0, 0.05) is 0 Å². The molecular formula is C9H13N3O2. The Morgan fingerprint density at radius 2 is 2.21 bits per heavy atom. The highest BCUT2D eigenvalue weighted by Crippen LogP contribution is 2.06. The molecule has 0 saturated heterocycles. The summed E-state index contributed by atoms with van der Waals surface area (Å²) in [5.74, 6) is -0.281. The van der Waals surface area contributed by atoms with Crippen molar-refractivity contribution < 1.29 is 9.53 Å². The van der Waals surface area contributed by atoms with E-state index in [0.717, 1.165) is 0 Å². The third-order valence-corrected chi connectivity index (χ3v) is 1.80. The number of aromatic nitrogens is 2. The van der Waals surface area contributed by atoms with Gasteiger partial charge >= 0.3 is 5.97 Å². The third-order valence-electron chi connectivity index (χ3n) is 1.80. The molecule has 1 unspecified atom stereocenters. The van der Waals surface area contributed by atoms with Crippen molar-refractivity contribution in [2.24, 2.45) is 0 Å². The van der Waals surface area contributed by atoms with Gasteiger partial charge in [0.15, 0.2) is 0 Å². The molecule has 0 aromatic carbocycles. The van der Waals surface area contributed by atoms with Gasteiger partial charge in [-0.2, -0.15) is 0 Å². The lowest BCUT2D eigenvalue weighted by Crippen LogP contribution is -2.29. The van der Waals surface area contributed by atoms with E-state index in [1.165, 1.54) is 13.4 Å². The molecule has 1 aromatic rings. The van der Waals surface area contributed by atoms with Gasteiger partial charge in [-0.25, -0.2) is 14.8 Å². The van der Waals surface area contributed by atoms with Crippen molar-refractivity contribution in [1.29, 1.82) is 0 Å². The zero-order valence-corrected chi connectivity index (χ0v) is 8.23. The smallest absolute Gasteiger partial charge is 0.328 e. The summed E-state index contributed by atoms with van der Waals surface area (Å²) in [5, 5.41) is 2.98. The van der Waals surface area contributed by atoms with Crippen molar-refractivity contribution in [3.8, 4) is 0 Å². The van der Waals surface area contributed by atoms with E-state index < -0.39 is 0 Å². The summed E-state index contributed by atoms with van der Waals surface area (Å²) in [6, 6.07) is -0.342. The molecule has 1 atom stereocenters. The second kappa shape index (κ2) is 5.16. The van der Waals surface area contributed by atoms with E-state index in [9.17, 15) is 4.79 Å². The summed E-state index contributed by atoms with van der Waals surface area (Å²) < 4.78 is 4.63. The molecule has 0 aliphatic carbocycles. The van der Waals surface area contributed by atoms with Crippen molar-refractivity contribution in [1.82, 2.24) is 9.97 Å². The molecule has 0 bridgehead atoms. The summed E-state index contributed by atoms with van der Waals surface area (Å²) in [6.07, 6.45) is 5.31. The minimum absolute atomic E-state index is 0.281. The van der Waals surface area contributed by atoms with E-state index in [0.29, 0.717) is 12.1 Å². The first-order valence-electron chi connectivity index (χ1n) is 4.37. The van der Waals surface area contributed by atoms with Crippen molar-refractivity contribution in [2.45, 2.75) is 19.4 Å². The van der Waals surface area contributed by atoms with Gasteiger partial charge in [-0.05, 0) is 6.42 Å². The third kappa shape index (κ3) is 2.69. The molecule has 0 saturated carbocycles. The molecule has 14 heavy (non-hydrogen) atoms. The van der Waals surface area contributed by atoms with Crippen LogP contribution in [0.4, 0.5) is 5.69 Å². The average molecular weight is 195 g/mol. The van der Waals surface area contributed by atoms with E-state index in [1.807, 2.05) is 6.92 Å². The maximum atomic E-state index is 11.2. The van der Waals surface area contributed by atoms with E-state index in [1.54, 1.807) is 12.4 Å². The van der Waals surface area contributed by atoms with Crippen LogP contribution in [-0.2, 0) is 9.53 Å². The summed E-state index contributed by atoms with van der Waals surface area (Å²) in [4.78, 5) is 18.9. The number of hydrogen-bond donors (Lipinski definition) is 1. The predicted octanol–water partition coefficient (Wildman–Crippen LogP) is 0.840. The highest BCUT2D eigenvalue weighted by molar-refractivity contribution is 5.78. The zero-order valence-electron chi connectivity index (χ0n) is 8.23. The molecule has 0 aliphatic rings. The van der Waals surface area contributed by atoms with Crippen LogP contribution in [0.5, 0.6) is 0 Å².